The lowest BCUT2D eigenvalue weighted by atomic mass is 10.1. The number of aromatic amines is 4. The van der Waals surface area contributed by atoms with Gasteiger partial charge in [0.05, 0.1) is 81.7 Å². The van der Waals surface area contributed by atoms with Gasteiger partial charge in [0.2, 0.25) is 0 Å². The van der Waals surface area contributed by atoms with E-state index in [1.54, 1.807) is 0 Å². The van der Waals surface area contributed by atoms with Crippen LogP contribution in [0.1, 0.15) is 25.7 Å². The van der Waals surface area contributed by atoms with Gasteiger partial charge in [-0.1, -0.05) is 18.2 Å². The Morgan fingerprint density at radius 2 is 0.578 bits per heavy atom. The van der Waals surface area contributed by atoms with Gasteiger partial charge in [-0.25, -0.2) is 19.9 Å². The Bertz CT molecular complexity index is 3870. The molecule has 0 fully saturated rings. The van der Waals surface area contributed by atoms with Crippen LogP contribution in [0.25, 0.3) is 89.7 Å². The summed E-state index contributed by atoms with van der Waals surface area (Å²) in [6.45, 7) is 7.24. The number of rotatable bonds is 34. The minimum atomic E-state index is 0.231. The largest absolute Gasteiger partial charge is 0.493 e. The van der Waals surface area contributed by atoms with Crippen molar-refractivity contribution in [2.75, 3.05) is 135 Å². The van der Waals surface area contributed by atoms with Gasteiger partial charge in [-0.15, -0.1) is 0 Å². The Balaban J connectivity index is 0.764. The molecule has 0 unspecified atom stereocenters. The number of fused-ring (bicyclic) bond motifs is 4. The lowest BCUT2D eigenvalue weighted by Gasteiger charge is -2.14. The van der Waals surface area contributed by atoms with E-state index in [2.05, 4.69) is 95.9 Å². The number of nitrogens with one attached hydrogen (secondary N) is 4. The fourth-order valence-corrected chi connectivity index (χ4v) is 10.4. The Morgan fingerprint density at radius 3 is 0.911 bits per heavy atom. The molecule has 0 aliphatic rings. The predicted octanol–water partition coefficient (Wildman–Crippen LogP) is 12.1. The van der Waals surface area contributed by atoms with Crippen LogP contribution < -0.4 is 37.9 Å². The highest BCUT2D eigenvalue weighted by Gasteiger charge is 2.19. The summed E-state index contributed by atoms with van der Waals surface area (Å²) in [6.07, 6.45) is 3.70. The molecule has 0 saturated carbocycles. The van der Waals surface area contributed by atoms with Gasteiger partial charge in [-0.2, -0.15) is 0 Å². The van der Waals surface area contributed by atoms with E-state index < -0.39 is 0 Å². The van der Waals surface area contributed by atoms with Crippen LogP contribution in [-0.4, -0.2) is 195 Å². The molecule has 4 heterocycles. The predicted molar refractivity (Wildman–Crippen MR) is 356 cm³/mol. The van der Waals surface area contributed by atoms with Crippen LogP contribution in [0.3, 0.4) is 0 Å². The molecule has 0 saturated heterocycles. The van der Waals surface area contributed by atoms with Crippen LogP contribution in [0.15, 0.2) is 133 Å². The van der Waals surface area contributed by atoms with E-state index >= 15 is 0 Å². The maximum absolute atomic E-state index is 6.61. The molecule has 7 aromatic carbocycles. The summed E-state index contributed by atoms with van der Waals surface area (Å²) in [4.78, 5) is 42.6. The van der Waals surface area contributed by atoms with Gasteiger partial charge in [0, 0.05) is 67.6 Å². The Kier molecular flexibility index (Phi) is 20.6. The quantitative estimate of drug-likeness (QED) is 0.0277. The SMILES string of the molecule is CN(C)CCCOc1ccc2nc(-c3ccc(-c4nc5ccc(OCCCN(C)C)cc5[nH]4)c(OCCOc4cccc(OCCOc5cc(-c6nc7ccc(OCCCN(C)C)cc7[nH]6)ccc5-c5nc6ccc(OCCCN(C)C)cc6[nH]5)c4)c3)[nH]c2c1. The monoisotopic (exact) mass is 1220 g/mol. The third-order valence-electron chi connectivity index (χ3n) is 14.9. The van der Waals surface area contributed by atoms with Crippen molar-refractivity contribution in [3.05, 3.63) is 133 Å². The zero-order valence-electron chi connectivity index (χ0n) is 52.9. The molecule has 11 rings (SSSR count). The van der Waals surface area contributed by atoms with E-state index in [-0.39, 0.29) is 26.4 Å². The van der Waals surface area contributed by atoms with Crippen molar-refractivity contribution < 1.29 is 37.9 Å². The highest BCUT2D eigenvalue weighted by atomic mass is 16.5. The maximum atomic E-state index is 6.61. The fourth-order valence-electron chi connectivity index (χ4n) is 10.4. The zero-order chi connectivity index (χ0) is 62.3. The first-order valence-corrected chi connectivity index (χ1v) is 30.8. The summed E-state index contributed by atoms with van der Waals surface area (Å²) in [5, 5.41) is 0. The van der Waals surface area contributed by atoms with Gasteiger partial charge in [0.15, 0.2) is 0 Å². The minimum absolute atomic E-state index is 0.231. The number of hydrogen-bond donors (Lipinski definition) is 4. The van der Waals surface area contributed by atoms with Gasteiger partial charge in [0.1, 0.15) is 95.7 Å². The molecular formula is C70H82N12O8. The van der Waals surface area contributed by atoms with Gasteiger partial charge in [0.25, 0.3) is 0 Å². The molecule has 0 aliphatic carbocycles. The summed E-state index contributed by atoms with van der Waals surface area (Å²) in [5.74, 6) is 8.35. The van der Waals surface area contributed by atoms with Gasteiger partial charge in [-0.3, -0.25) is 0 Å². The highest BCUT2D eigenvalue weighted by Crippen LogP contribution is 2.37. The summed E-state index contributed by atoms with van der Waals surface area (Å²) >= 11 is 0. The van der Waals surface area contributed by atoms with Gasteiger partial charge >= 0.3 is 0 Å². The molecule has 4 N–H and O–H groups in total. The Hall–Kier alpha value is -9.34. The van der Waals surface area contributed by atoms with Crippen molar-refractivity contribution >= 4 is 44.1 Å². The lowest BCUT2D eigenvalue weighted by Crippen LogP contribution is -2.15. The van der Waals surface area contributed by atoms with Crippen molar-refractivity contribution in [1.29, 1.82) is 0 Å². The average molecular weight is 1220 g/mol. The summed E-state index contributed by atoms with van der Waals surface area (Å²) in [7, 11) is 16.5. The van der Waals surface area contributed by atoms with Crippen molar-refractivity contribution in [3.63, 3.8) is 0 Å². The molecule has 470 valence electrons. The second kappa shape index (κ2) is 29.8. The molecule has 20 heteroatoms. The number of aromatic nitrogens is 8. The summed E-state index contributed by atoms with van der Waals surface area (Å²) in [5.41, 5.74) is 10.0. The lowest BCUT2D eigenvalue weighted by molar-refractivity contribution is 0.210. The molecule has 0 bridgehead atoms. The first-order valence-electron chi connectivity index (χ1n) is 30.8. The molecule has 20 nitrogen and oxygen atoms in total. The number of imidazole rings is 4. The van der Waals surface area contributed by atoms with Crippen molar-refractivity contribution in [2.24, 2.45) is 0 Å². The summed E-state index contributed by atoms with van der Waals surface area (Å²) in [6, 6.07) is 43.4. The fraction of sp³-hybridized carbons (Fsp3) is 0.343. The van der Waals surface area contributed by atoms with E-state index in [0.29, 0.717) is 72.7 Å². The normalized spacial score (nSPS) is 11.8. The Labute approximate surface area is 525 Å². The second-order valence-electron chi connectivity index (χ2n) is 23.4. The third-order valence-corrected chi connectivity index (χ3v) is 14.9. The number of hydrogen-bond acceptors (Lipinski definition) is 16. The van der Waals surface area contributed by atoms with E-state index in [9.17, 15) is 0 Å². The van der Waals surface area contributed by atoms with Gasteiger partial charge in [-0.05, 0) is 167 Å². The average Bonchev–Trinajstić information content (AvgIpc) is 1.74. The Morgan fingerprint density at radius 1 is 0.289 bits per heavy atom. The molecule has 11 aromatic rings. The van der Waals surface area contributed by atoms with E-state index in [1.165, 1.54) is 0 Å². The standard InChI is InChI=1S/C70H82N12O8/c1-79(2)28-10-32-83-51-18-24-57-61(43-51)75-67(71-57)47-16-22-55(69-73-59-26-20-53(45-63(59)77-69)85-34-12-30-81(5)6)65(40-47)89-38-36-87-49-14-9-15-50(42-49)88-37-39-90-66-41-48(68-72-58-25-19-52(44-62(58)76-68)84-33-11-29-80(3)4)17-23-56(66)70-74-60-27-21-54(46-64(60)78-70)86-35-13-31-82(7)8/h9,14-27,40-46H,10-13,28-39H2,1-8H3,(H,71,75)(H,72,76)(H,73,77)(H,74,78). The van der Waals surface area contributed by atoms with Crippen molar-refractivity contribution in [3.8, 4) is 91.5 Å². The first kappa shape index (κ1) is 62.3. The van der Waals surface area contributed by atoms with Crippen molar-refractivity contribution in [2.45, 2.75) is 25.7 Å². The van der Waals surface area contributed by atoms with E-state index in [0.717, 1.165) is 141 Å². The van der Waals surface area contributed by atoms with Crippen LogP contribution in [0, 0.1) is 0 Å². The zero-order valence-corrected chi connectivity index (χ0v) is 52.9. The first-order chi connectivity index (χ1) is 43.8. The molecule has 0 amide bonds. The van der Waals surface area contributed by atoms with Crippen LogP contribution in [0.2, 0.25) is 0 Å². The van der Waals surface area contributed by atoms with Crippen LogP contribution in [0.4, 0.5) is 0 Å². The minimum Gasteiger partial charge on any atom is -0.493 e. The molecule has 0 radical (unpaired) electrons. The highest BCUT2D eigenvalue weighted by molar-refractivity contribution is 5.86. The topological polar surface area (TPSA) is 202 Å². The molecule has 0 atom stereocenters. The van der Waals surface area contributed by atoms with E-state index in [1.807, 2.05) is 133 Å². The maximum Gasteiger partial charge on any atom is 0.142 e. The number of benzene rings is 7. The molecule has 0 spiro atoms. The van der Waals surface area contributed by atoms with Crippen LogP contribution in [-0.2, 0) is 0 Å². The number of nitrogens with zero attached hydrogens (tertiary/aromatic N) is 8. The molecule has 0 aliphatic heterocycles. The summed E-state index contributed by atoms with van der Waals surface area (Å²) < 4.78 is 50.2. The van der Waals surface area contributed by atoms with Crippen LogP contribution >= 0.6 is 0 Å². The third kappa shape index (κ3) is 16.7. The van der Waals surface area contributed by atoms with E-state index in [4.69, 9.17) is 57.8 Å². The van der Waals surface area contributed by atoms with Crippen molar-refractivity contribution in [1.82, 2.24) is 59.5 Å². The molecule has 90 heavy (non-hydrogen) atoms. The van der Waals surface area contributed by atoms with Crippen LogP contribution in [0.5, 0.6) is 46.0 Å². The molecule has 4 aromatic heterocycles. The smallest absolute Gasteiger partial charge is 0.142 e. The number of ether oxygens (including phenoxy) is 8. The molecular weight excluding hydrogens is 1140 g/mol. The number of H-pyrrole nitrogens is 4. The second-order valence-corrected chi connectivity index (χ2v) is 23.4. The van der Waals surface area contributed by atoms with Gasteiger partial charge < -0.3 is 77.4 Å².